The number of amides is 2. The van der Waals surface area contributed by atoms with E-state index in [-0.39, 0.29) is 32.1 Å². The minimum Gasteiger partial charge on any atom is -0.470 e. The first kappa shape index (κ1) is 27.0. The highest BCUT2D eigenvalue weighted by atomic mass is 16.6. The Morgan fingerprint density at radius 3 is 1.66 bits per heavy atom. The van der Waals surface area contributed by atoms with Crippen LogP contribution in [-0.4, -0.2) is 53.6 Å². The van der Waals surface area contributed by atoms with Crippen molar-refractivity contribution in [1.82, 2.24) is 0 Å². The van der Waals surface area contributed by atoms with Crippen LogP contribution in [0.2, 0.25) is 0 Å². The summed E-state index contributed by atoms with van der Waals surface area (Å²) in [5, 5.41) is 4.97. The zero-order valence-electron chi connectivity index (χ0n) is 18.3. The molecule has 0 aromatic heterocycles. The fourth-order valence-electron chi connectivity index (χ4n) is 2.79. The van der Waals surface area contributed by atoms with Crippen LogP contribution in [0.1, 0.15) is 22.3 Å². The van der Waals surface area contributed by atoms with Gasteiger partial charge in [0.1, 0.15) is 26.4 Å². The second kappa shape index (κ2) is 13.5. The Labute approximate surface area is 204 Å². The maximum Gasteiger partial charge on any atom is 0.411 e. The first-order chi connectivity index (χ1) is 16.7. The minimum atomic E-state index is -1.03. The van der Waals surface area contributed by atoms with Crippen molar-refractivity contribution in [2.24, 2.45) is 0 Å². The molecule has 0 aliphatic heterocycles. The number of carbonyl (C=O) groups is 5. The standard InChI is InChI=1S/C21H17B3N2O9/c22-18(28)32-7-12-2-4-17(15(6-12)10-34-20(24)30)26-21(31)35-8-13-1-3-16(25-11-27)14(5-13)9-33-19(23)29/h1-6,11H,7-10H2,(H,25,27)(H,26,31). The van der Waals surface area contributed by atoms with Gasteiger partial charge in [0.25, 0.3) is 0 Å². The van der Waals surface area contributed by atoms with Gasteiger partial charge in [0, 0.05) is 16.8 Å². The topological polar surface area (TPSA) is 146 Å². The lowest BCUT2D eigenvalue weighted by Gasteiger charge is -2.14. The van der Waals surface area contributed by atoms with Gasteiger partial charge >= 0.3 is 6.09 Å². The zero-order valence-corrected chi connectivity index (χ0v) is 18.3. The predicted molar refractivity (Wildman–Crippen MR) is 124 cm³/mol. The normalized spacial score (nSPS) is 9.94. The first-order valence-corrected chi connectivity index (χ1v) is 9.82. The third-order valence-electron chi connectivity index (χ3n) is 4.28. The van der Waals surface area contributed by atoms with Crippen LogP contribution in [0.3, 0.4) is 0 Å². The Kier molecular flexibility index (Phi) is 10.4. The van der Waals surface area contributed by atoms with E-state index in [0.717, 1.165) is 0 Å². The van der Waals surface area contributed by atoms with Crippen molar-refractivity contribution in [3.05, 3.63) is 58.7 Å². The van der Waals surface area contributed by atoms with Crippen molar-refractivity contribution in [2.75, 3.05) is 10.6 Å². The molecule has 0 spiro atoms. The Hall–Kier alpha value is -4.22. The van der Waals surface area contributed by atoms with Gasteiger partial charge in [-0.25, -0.2) is 4.79 Å². The molecule has 14 heteroatoms. The lowest BCUT2D eigenvalue weighted by molar-refractivity contribution is -0.105. The van der Waals surface area contributed by atoms with Gasteiger partial charge in [0.15, 0.2) is 0 Å². The van der Waals surface area contributed by atoms with Gasteiger partial charge in [-0.05, 0) is 35.4 Å². The minimum absolute atomic E-state index is 0.139. The summed E-state index contributed by atoms with van der Waals surface area (Å²) >= 11 is 0. The fraction of sp³-hybridized carbons (Fsp3) is 0.190. The molecule has 0 saturated carbocycles. The van der Waals surface area contributed by atoms with E-state index in [4.69, 9.17) is 42.5 Å². The third-order valence-corrected chi connectivity index (χ3v) is 4.28. The predicted octanol–water partition coefficient (Wildman–Crippen LogP) is 2.42. The highest BCUT2D eigenvalue weighted by Gasteiger charge is 2.12. The maximum absolute atomic E-state index is 12.3. The van der Waals surface area contributed by atoms with Gasteiger partial charge in [-0.3, -0.25) is 24.5 Å². The van der Waals surface area contributed by atoms with Crippen LogP contribution < -0.4 is 10.6 Å². The molecule has 2 N–H and O–H groups in total. The van der Waals surface area contributed by atoms with E-state index < -0.39 is 23.7 Å². The fourth-order valence-corrected chi connectivity index (χ4v) is 2.79. The van der Waals surface area contributed by atoms with Crippen molar-refractivity contribution >= 4 is 65.0 Å². The highest BCUT2D eigenvalue weighted by molar-refractivity contribution is 6.55. The lowest BCUT2D eigenvalue weighted by Crippen LogP contribution is -2.16. The Balaban J connectivity index is 2.08. The first-order valence-electron chi connectivity index (χ1n) is 9.82. The molecule has 0 fully saturated rings. The van der Waals surface area contributed by atoms with Crippen LogP contribution in [-0.2, 0) is 50.2 Å². The highest BCUT2D eigenvalue weighted by Crippen LogP contribution is 2.22. The van der Waals surface area contributed by atoms with E-state index >= 15 is 0 Å². The van der Waals surface area contributed by atoms with E-state index in [1.165, 1.54) is 18.2 Å². The average Bonchev–Trinajstić information content (AvgIpc) is 2.80. The van der Waals surface area contributed by atoms with Crippen LogP contribution in [0.25, 0.3) is 0 Å². The number of hydrogen-bond acceptors (Lipinski definition) is 9. The van der Waals surface area contributed by atoms with Gasteiger partial charge in [-0.15, -0.1) is 0 Å². The smallest absolute Gasteiger partial charge is 0.411 e. The second-order valence-electron chi connectivity index (χ2n) is 6.77. The number of benzene rings is 2. The van der Waals surface area contributed by atoms with Crippen molar-refractivity contribution < 1.29 is 42.9 Å². The van der Waals surface area contributed by atoms with Crippen LogP contribution in [0, 0.1) is 0 Å². The second-order valence-corrected chi connectivity index (χ2v) is 6.77. The van der Waals surface area contributed by atoms with Crippen LogP contribution >= 0.6 is 0 Å². The number of rotatable bonds is 11. The number of anilines is 2. The average molecular weight is 474 g/mol. The summed E-state index contributed by atoms with van der Waals surface area (Å²) in [7, 11) is 14.9. The summed E-state index contributed by atoms with van der Waals surface area (Å²) in [6, 6.07) is 9.24. The maximum atomic E-state index is 12.3. The largest absolute Gasteiger partial charge is 0.470 e. The van der Waals surface area contributed by atoms with Crippen molar-refractivity contribution in [2.45, 2.75) is 26.4 Å². The molecule has 0 aliphatic carbocycles. The zero-order chi connectivity index (χ0) is 25.8. The van der Waals surface area contributed by atoms with Crippen LogP contribution in [0.4, 0.5) is 30.6 Å². The summed E-state index contributed by atoms with van der Waals surface area (Å²) in [5.41, 5.74) is 2.45. The SMILES string of the molecule is [B]C(=O)OCc1ccc(NC(=O)OCc2ccc(NC=O)c(COC([B])=O)c2)c(COC([B])=O)c1. The molecule has 2 aromatic carbocycles. The molecule has 2 aromatic rings. The molecular formula is C21H17B3N2O9. The molecule has 174 valence electrons. The Bertz CT molecular complexity index is 1110. The summed E-state index contributed by atoms with van der Waals surface area (Å²) < 4.78 is 19.5. The lowest BCUT2D eigenvalue weighted by atomic mass is 10.1. The molecule has 11 nitrogen and oxygen atoms in total. The third kappa shape index (κ3) is 9.66. The number of nitrogens with one attached hydrogen (secondary N) is 2. The number of hydrogen-bond donors (Lipinski definition) is 2. The molecule has 2 rings (SSSR count). The van der Waals surface area contributed by atoms with E-state index in [9.17, 15) is 24.0 Å². The van der Waals surface area contributed by atoms with Crippen LogP contribution in [0.5, 0.6) is 0 Å². The van der Waals surface area contributed by atoms with E-state index in [2.05, 4.69) is 10.6 Å². The summed E-state index contributed by atoms with van der Waals surface area (Å²) in [6.07, 6.45) is -0.381. The van der Waals surface area contributed by atoms with Gasteiger partial charge in [0.05, 0.1) is 5.69 Å². The van der Waals surface area contributed by atoms with Gasteiger partial charge in [-0.2, -0.15) is 0 Å². The van der Waals surface area contributed by atoms with Crippen LogP contribution in [0.15, 0.2) is 36.4 Å². The van der Waals surface area contributed by atoms with Gasteiger partial charge in [-0.1, -0.05) is 12.1 Å². The molecule has 0 unspecified atom stereocenters. The van der Waals surface area contributed by atoms with Crippen molar-refractivity contribution in [1.29, 1.82) is 0 Å². The molecule has 2 amide bonds. The molecule has 0 heterocycles. The number of ether oxygens (including phenoxy) is 4. The van der Waals surface area contributed by atoms with E-state index in [1.807, 2.05) is 0 Å². The molecule has 6 radical (unpaired) electrons. The quantitative estimate of drug-likeness (QED) is 0.285. The Morgan fingerprint density at radius 1 is 0.686 bits per heavy atom. The van der Waals surface area contributed by atoms with Gasteiger partial charge < -0.3 is 24.3 Å². The molecule has 0 saturated heterocycles. The molecular weight excluding hydrogens is 457 g/mol. The molecule has 35 heavy (non-hydrogen) atoms. The van der Waals surface area contributed by atoms with E-state index in [0.29, 0.717) is 34.4 Å². The Morgan fingerprint density at radius 2 is 1.14 bits per heavy atom. The summed E-state index contributed by atoms with van der Waals surface area (Å²) in [5.74, 6) is -2.99. The van der Waals surface area contributed by atoms with Crippen molar-refractivity contribution in [3.8, 4) is 0 Å². The molecule has 0 aliphatic rings. The summed E-state index contributed by atoms with van der Waals surface area (Å²) in [6.45, 7) is -0.792. The molecule has 0 atom stereocenters. The van der Waals surface area contributed by atoms with E-state index in [1.54, 1.807) is 18.2 Å². The monoisotopic (exact) mass is 474 g/mol. The van der Waals surface area contributed by atoms with Gasteiger partial charge in [0.2, 0.25) is 47.6 Å². The number of carbonyl (C=O) groups excluding carboxylic acids is 5. The summed E-state index contributed by atoms with van der Waals surface area (Å²) in [4.78, 5) is 55.8. The van der Waals surface area contributed by atoms with Crippen molar-refractivity contribution in [3.63, 3.8) is 0 Å². The molecule has 0 bridgehead atoms.